The van der Waals surface area contributed by atoms with Crippen molar-refractivity contribution >= 4 is 66.4 Å². The molecule has 2 aliphatic carbocycles. The molecule has 0 aromatic carbocycles. The fraction of sp³-hybridized carbons (Fsp3) is 0.901. The summed E-state index contributed by atoms with van der Waals surface area (Å²) in [5, 5.41) is 47.8. The maximum atomic E-state index is 12.6. The van der Waals surface area contributed by atoms with Crippen LogP contribution in [0.15, 0.2) is 0 Å². The van der Waals surface area contributed by atoms with Crippen LogP contribution in [0.25, 0.3) is 0 Å². The summed E-state index contributed by atoms with van der Waals surface area (Å²) < 4.78 is 30.7. The molecule has 0 radical (unpaired) electrons. The molecular formula is C91H170ClLiN10O21Ti. The number of esters is 2. The molecule has 12 saturated heterocycles. The van der Waals surface area contributed by atoms with Crippen molar-refractivity contribution in [2.75, 3.05) is 92.0 Å². The Kier molecular flexibility index (Phi) is 60.2. The van der Waals surface area contributed by atoms with Crippen LogP contribution in [-0.2, 0) is 74.1 Å². The molecule has 12 heterocycles. The van der Waals surface area contributed by atoms with Gasteiger partial charge in [-0.15, -0.1) is 12.4 Å². The van der Waals surface area contributed by atoms with E-state index in [-0.39, 0.29) is 185 Å². The number of rotatable bonds is 14. The number of halogens is 1. The van der Waals surface area contributed by atoms with Gasteiger partial charge in [0.15, 0.2) is 0 Å². The number of carbonyl (C=O) groups excluding carboxylic acids is 8. The summed E-state index contributed by atoms with van der Waals surface area (Å²) in [4.78, 5) is 121. The van der Waals surface area contributed by atoms with Crippen LogP contribution < -0.4 is 35.2 Å². The molecule has 31 nitrogen and oxygen atoms in total. The molecule has 14 aliphatic rings. The molecule has 8 bridgehead atoms. The Morgan fingerprint density at radius 3 is 0.872 bits per heavy atom. The minimum absolute atomic E-state index is 0. The van der Waals surface area contributed by atoms with E-state index >= 15 is 0 Å². The summed E-state index contributed by atoms with van der Waals surface area (Å²) in [6.07, 6.45) is 28.8. The van der Waals surface area contributed by atoms with Crippen LogP contribution in [0, 0.1) is 23.7 Å². The number of piperidine rings is 8. The van der Waals surface area contributed by atoms with Gasteiger partial charge in [0.1, 0.15) is 5.78 Å². The van der Waals surface area contributed by atoms with Crippen molar-refractivity contribution in [3.8, 4) is 0 Å². The minimum atomic E-state index is -0.656. The molecule has 34 heteroatoms. The number of nitrogens with zero attached hydrogens (tertiary/aromatic N) is 7. The van der Waals surface area contributed by atoms with Gasteiger partial charge in [-0.25, -0.2) is 19.2 Å². The van der Waals surface area contributed by atoms with E-state index in [4.69, 9.17) is 59.7 Å². The van der Waals surface area contributed by atoms with E-state index in [2.05, 4.69) is 39.2 Å². The quantitative estimate of drug-likeness (QED) is 0.0455. The predicted molar refractivity (Wildman–Crippen MR) is 478 cm³/mol. The van der Waals surface area contributed by atoms with Crippen LogP contribution >= 0.6 is 12.4 Å². The molecule has 14 fully saturated rings. The molecule has 2 saturated carbocycles. The van der Waals surface area contributed by atoms with E-state index in [0.717, 1.165) is 206 Å². The number of nitrogens with one attached hydrogen (secondary N) is 2. The number of hydrogen-bond donors (Lipinski definition) is 8. The number of carbonyl (C=O) groups is 9. The predicted octanol–water partition coefficient (Wildman–Crippen LogP) is 9.46. The fourth-order valence-corrected chi connectivity index (χ4v) is 19.4. The third-order valence-corrected chi connectivity index (χ3v) is 25.4. The van der Waals surface area contributed by atoms with Crippen molar-refractivity contribution in [3.05, 3.63) is 0 Å². The monoisotopic (exact) mass is 1830 g/mol. The summed E-state index contributed by atoms with van der Waals surface area (Å²) >= 11 is 0. The van der Waals surface area contributed by atoms with Gasteiger partial charge in [-0.1, -0.05) is 7.43 Å². The summed E-state index contributed by atoms with van der Waals surface area (Å²) in [6.45, 7) is 39.5. The zero-order valence-corrected chi connectivity index (χ0v) is 81.4. The number of carboxylic acids is 1. The van der Waals surface area contributed by atoms with Crippen molar-refractivity contribution in [2.24, 2.45) is 29.4 Å². The maximum Gasteiger partial charge on any atom is 1.00 e. The Balaban J connectivity index is 0.00000146. The summed E-state index contributed by atoms with van der Waals surface area (Å²) in [5.74, 6) is 0.0728. The van der Waals surface area contributed by atoms with Gasteiger partial charge < -0.3 is 110 Å². The molecule has 14 rings (SSSR count). The Morgan fingerprint density at radius 1 is 0.408 bits per heavy atom. The van der Waals surface area contributed by atoms with Crippen LogP contribution in [-0.4, -0.2) is 313 Å². The minimum Gasteiger partial charge on any atom is -0.870 e. The number of ether oxygens (including phenoxy) is 6. The average Bonchev–Trinajstić information content (AvgIpc) is 1.66. The van der Waals surface area contributed by atoms with Crippen LogP contribution in [0.1, 0.15) is 311 Å². The number of aliphatic carboxylic acids is 1. The molecule has 8 atom stereocenters. The average molecular weight is 1830 g/mol. The van der Waals surface area contributed by atoms with Gasteiger partial charge in [-0.05, 0) is 343 Å². The largest absolute Gasteiger partial charge is 1.00 e. The zero-order chi connectivity index (χ0) is 89.0. The van der Waals surface area contributed by atoms with E-state index in [9.17, 15) is 43.2 Å². The van der Waals surface area contributed by atoms with Crippen LogP contribution in [0.2, 0.25) is 0 Å². The number of fused-ring (bicyclic) bond motifs is 8. The first-order valence-electron chi connectivity index (χ1n) is 46.6. The van der Waals surface area contributed by atoms with Crippen LogP contribution in [0.3, 0.4) is 0 Å². The van der Waals surface area contributed by atoms with Gasteiger partial charge in [0.25, 0.3) is 0 Å². The van der Waals surface area contributed by atoms with Crippen molar-refractivity contribution in [2.45, 2.75) is 413 Å². The molecule has 125 heavy (non-hydrogen) atoms. The Hall–Kier alpha value is -4.17. The standard InChI is InChI=1S/C21H35N3O3.C18H30N2O4.C16H26N2O4.C10H15NO3.C8H15NO2.C5H11N.4C3H8O.CH4.ClH.Li.H2O.Ti/c1-3-27-20(26)24-16-5-6-17(24)14-18(13-16)23-11-7-15(8-12-23)19(25)22-21(2)9-4-10-21;1-3-23-17(21)13-7-9-19(10-8-13)16-11-14-5-6-15(12-16)20(14)18(22)24-4-2;1-2-22-16(21)18-12-3-4-13(18)10-14(9-12)17-7-5-11(6-8-17)15(19)20;1-2-14-10(13)11-7-3-4-8(11)6-9(12)5-7;1-2-11-8(10)7-3-5-9-6-4-7;1-5(6)3-2-4-5;4*1-3(2)4;;;;;/h15-18H,3-14H2,1-2H3,(H,22,25);13-16H,3-12H2,1-2H3;11-14H,2-10H2,1H3,(H,19,20);7-8H,2-6H2,1H3;7,9H,2-6H2,1H3;2-4,6H2,1H3;4*3-4H,1-2H3;1H4;1H;;1H2;/q;;;;;;;;;;;;+1;;/p-1. The molecule has 0 aromatic heterocycles. The SMILES string of the molecule is C.CC(C)O.CC(C)O.CC(C)O.CC(C)O.CC1(N)CCC1.CCOC(=O)C1CCN(C2CC3CCC(C2)N3C(=O)OCC)CC1.CCOC(=O)C1CCNCC1.CCOC(=O)N1C2CCC1CC(=O)C2.CCOC(=O)N1C2CCC1CC(N1CCC(C(=O)NC3(C)CCC3)CC1)C2.CCOC(=O)N1C2CCC1CC(N1CCC(C(=O)O)CC1)C2.Cl.[Li+].[OH-].[Ti]. The van der Waals surface area contributed by atoms with Gasteiger partial charge in [0.2, 0.25) is 5.91 Å². The molecule has 0 aromatic rings. The Labute approximate surface area is 783 Å². The smallest absolute Gasteiger partial charge is 0.870 e. The number of aliphatic hydroxyl groups is 4. The van der Waals surface area contributed by atoms with E-state index in [1.165, 1.54) is 25.7 Å². The van der Waals surface area contributed by atoms with Crippen molar-refractivity contribution < 1.29 is 143 Å². The third-order valence-electron chi connectivity index (χ3n) is 25.4. The molecule has 8 unspecified atom stereocenters. The van der Waals surface area contributed by atoms with E-state index < -0.39 is 5.97 Å². The second-order valence-electron chi connectivity index (χ2n) is 36.9. The first kappa shape index (κ1) is 121. The van der Waals surface area contributed by atoms with E-state index in [1.54, 1.807) is 67.2 Å². The molecule has 0 spiro atoms. The number of ketones is 1. The zero-order valence-electron chi connectivity index (χ0n) is 79.0. The van der Waals surface area contributed by atoms with Gasteiger partial charge in [0, 0.05) is 142 Å². The second kappa shape index (κ2) is 62.3. The number of hydrogen-bond acceptors (Lipinski definition) is 25. The summed E-state index contributed by atoms with van der Waals surface area (Å²) in [7, 11) is 0. The van der Waals surface area contributed by atoms with Crippen molar-refractivity contribution in [3.63, 3.8) is 0 Å². The third kappa shape index (κ3) is 41.3. The molecule has 722 valence electrons. The van der Waals surface area contributed by atoms with E-state index in [0.29, 0.717) is 107 Å². The van der Waals surface area contributed by atoms with Gasteiger partial charge >= 0.3 is 61.1 Å². The van der Waals surface area contributed by atoms with Crippen molar-refractivity contribution in [1.29, 1.82) is 0 Å². The van der Waals surface area contributed by atoms with Crippen LogP contribution in [0.5, 0.6) is 0 Å². The number of amides is 5. The molecule has 10 N–H and O–H groups in total. The second-order valence-corrected chi connectivity index (χ2v) is 36.9. The topological polar surface area (TPSA) is 413 Å². The molecule has 5 amide bonds. The first-order chi connectivity index (χ1) is 56.9. The number of aliphatic hydroxyl groups excluding tert-OH is 4. The number of likely N-dealkylation sites (tertiary alicyclic amines) is 3. The molecular weight excluding hydrogens is 1660 g/mol. The van der Waals surface area contributed by atoms with Gasteiger partial charge in [-0.2, -0.15) is 0 Å². The number of carboxylic acid groups (broad SMARTS) is 1. The summed E-state index contributed by atoms with van der Waals surface area (Å²) in [6, 6.07) is 3.77. The van der Waals surface area contributed by atoms with Gasteiger partial charge in [0.05, 0.1) is 57.4 Å². The first-order valence-corrected chi connectivity index (χ1v) is 46.6. The Bertz CT molecular complexity index is 2960. The van der Waals surface area contributed by atoms with E-state index in [1.807, 2.05) is 49.3 Å². The number of Topliss-reactive ketones (excluding diaryl/α,β-unsaturated/α-hetero) is 1. The fourth-order valence-electron chi connectivity index (χ4n) is 19.4. The Morgan fingerprint density at radius 2 is 0.640 bits per heavy atom. The molecule has 12 aliphatic heterocycles. The summed E-state index contributed by atoms with van der Waals surface area (Å²) in [5.41, 5.74) is 5.91. The normalized spacial score (nSPS) is 26.7. The van der Waals surface area contributed by atoms with Gasteiger partial charge in [-0.3, -0.25) is 24.0 Å². The van der Waals surface area contributed by atoms with Crippen LogP contribution in [0.4, 0.5) is 19.2 Å². The maximum absolute atomic E-state index is 12.6. The number of nitrogens with two attached hydrogens (primary N) is 1. The van der Waals surface area contributed by atoms with Crippen molar-refractivity contribution in [1.82, 2.24) is 44.9 Å².